The Balaban J connectivity index is 2.29. The number of carbonyl (C=O) groups is 1. The molecular formula is C12H18N2O4. The number of hydrogen-bond acceptors (Lipinski definition) is 5. The van der Waals surface area contributed by atoms with Gasteiger partial charge in [0.05, 0.1) is 31.9 Å². The number of nitrogens with one attached hydrogen (secondary N) is 1. The number of rotatable bonds is 7. The van der Waals surface area contributed by atoms with Gasteiger partial charge in [-0.25, -0.2) is 0 Å². The average molecular weight is 254 g/mol. The number of nitrogens with two attached hydrogens (primary N) is 1. The molecule has 0 spiro atoms. The van der Waals surface area contributed by atoms with Gasteiger partial charge >= 0.3 is 0 Å². The van der Waals surface area contributed by atoms with Crippen LogP contribution in [0.3, 0.4) is 0 Å². The molecule has 0 atom stereocenters. The smallest absolute Gasteiger partial charge is 0.224 e. The van der Waals surface area contributed by atoms with Crippen LogP contribution < -0.4 is 11.1 Å². The van der Waals surface area contributed by atoms with Gasteiger partial charge in [0.1, 0.15) is 5.75 Å². The largest absolute Gasteiger partial charge is 0.506 e. The summed E-state index contributed by atoms with van der Waals surface area (Å²) in [5.74, 6) is -0.182. The summed E-state index contributed by atoms with van der Waals surface area (Å²) >= 11 is 0. The molecule has 0 fully saturated rings. The predicted octanol–water partition coefficient (Wildman–Crippen LogP) is -0.358. The molecule has 0 radical (unpaired) electrons. The molecule has 0 aliphatic rings. The van der Waals surface area contributed by atoms with Crippen molar-refractivity contribution in [1.82, 2.24) is 5.32 Å². The summed E-state index contributed by atoms with van der Waals surface area (Å²) in [7, 11) is 0. The van der Waals surface area contributed by atoms with Gasteiger partial charge in [0, 0.05) is 6.54 Å². The van der Waals surface area contributed by atoms with Gasteiger partial charge in [0.15, 0.2) is 0 Å². The number of benzene rings is 1. The van der Waals surface area contributed by atoms with Crippen molar-refractivity contribution >= 4 is 11.6 Å². The third-order valence-electron chi connectivity index (χ3n) is 2.26. The van der Waals surface area contributed by atoms with Crippen molar-refractivity contribution in [1.29, 1.82) is 0 Å². The van der Waals surface area contributed by atoms with Crippen LogP contribution in [-0.2, 0) is 16.0 Å². The molecule has 0 aliphatic heterocycles. The third-order valence-corrected chi connectivity index (χ3v) is 2.26. The number of anilines is 1. The van der Waals surface area contributed by atoms with E-state index in [0.717, 1.165) is 0 Å². The van der Waals surface area contributed by atoms with E-state index in [-0.39, 0.29) is 37.0 Å². The van der Waals surface area contributed by atoms with Crippen molar-refractivity contribution in [3.63, 3.8) is 0 Å². The standard InChI is InChI=1S/C12H18N2O4/c13-10-2-1-9(7-11(10)16)8-12(17)14-3-5-18-6-4-15/h1-2,7,15-16H,3-6,8,13H2,(H,14,17). The van der Waals surface area contributed by atoms with Gasteiger partial charge in [-0.1, -0.05) is 6.07 Å². The normalized spacial score (nSPS) is 10.3. The van der Waals surface area contributed by atoms with E-state index < -0.39 is 0 Å². The zero-order valence-electron chi connectivity index (χ0n) is 10.1. The molecule has 0 heterocycles. The number of amides is 1. The molecule has 6 nitrogen and oxygen atoms in total. The lowest BCUT2D eigenvalue weighted by molar-refractivity contribution is -0.120. The lowest BCUT2D eigenvalue weighted by atomic mass is 10.1. The van der Waals surface area contributed by atoms with Crippen LogP contribution in [0, 0.1) is 0 Å². The van der Waals surface area contributed by atoms with Gasteiger partial charge in [0.25, 0.3) is 0 Å². The SMILES string of the molecule is Nc1ccc(CC(=O)NCCOCCO)cc1O. The Labute approximate surface area is 105 Å². The highest BCUT2D eigenvalue weighted by Crippen LogP contribution is 2.20. The van der Waals surface area contributed by atoms with Crippen molar-refractivity contribution < 1.29 is 19.7 Å². The lowest BCUT2D eigenvalue weighted by Gasteiger charge is -2.06. The van der Waals surface area contributed by atoms with Crippen LogP contribution in [0.1, 0.15) is 5.56 Å². The number of carbonyl (C=O) groups excluding carboxylic acids is 1. The first-order chi connectivity index (χ1) is 8.63. The first-order valence-electron chi connectivity index (χ1n) is 5.66. The van der Waals surface area contributed by atoms with E-state index in [1.165, 1.54) is 6.07 Å². The molecule has 0 bridgehead atoms. The van der Waals surface area contributed by atoms with E-state index in [2.05, 4.69) is 5.32 Å². The van der Waals surface area contributed by atoms with Gasteiger partial charge in [0.2, 0.25) is 5.91 Å². The Kier molecular flexibility index (Phi) is 5.96. The average Bonchev–Trinajstić information content (AvgIpc) is 2.34. The number of phenolic OH excluding ortho intramolecular Hbond substituents is 1. The molecule has 1 rings (SSSR count). The van der Waals surface area contributed by atoms with Crippen molar-refractivity contribution in [3.8, 4) is 5.75 Å². The third kappa shape index (κ3) is 5.03. The van der Waals surface area contributed by atoms with Crippen molar-refractivity contribution in [2.45, 2.75) is 6.42 Å². The first-order valence-corrected chi connectivity index (χ1v) is 5.66. The number of hydrogen-bond donors (Lipinski definition) is 4. The molecule has 0 aliphatic carbocycles. The minimum absolute atomic E-state index is 0.0217. The summed E-state index contributed by atoms with van der Waals surface area (Å²) in [5, 5.41) is 20.5. The van der Waals surface area contributed by atoms with Crippen LogP contribution in [0.2, 0.25) is 0 Å². The molecule has 1 aromatic carbocycles. The number of ether oxygens (including phenoxy) is 1. The Morgan fingerprint density at radius 2 is 2.17 bits per heavy atom. The van der Waals surface area contributed by atoms with E-state index in [4.69, 9.17) is 15.6 Å². The van der Waals surface area contributed by atoms with Gasteiger partial charge in [-0.15, -0.1) is 0 Å². The zero-order chi connectivity index (χ0) is 13.4. The fourth-order valence-electron chi connectivity index (χ4n) is 1.38. The zero-order valence-corrected chi connectivity index (χ0v) is 10.1. The maximum Gasteiger partial charge on any atom is 0.224 e. The molecule has 1 aromatic rings. The maximum absolute atomic E-state index is 11.5. The number of nitrogen functional groups attached to an aromatic ring is 1. The number of aromatic hydroxyl groups is 1. The van der Waals surface area contributed by atoms with Gasteiger partial charge in [-0.2, -0.15) is 0 Å². The summed E-state index contributed by atoms with van der Waals surface area (Å²) in [6.07, 6.45) is 0.174. The predicted molar refractivity (Wildman–Crippen MR) is 67.1 cm³/mol. The second-order valence-corrected chi connectivity index (χ2v) is 3.76. The number of phenols is 1. The molecule has 18 heavy (non-hydrogen) atoms. The quantitative estimate of drug-likeness (QED) is 0.302. The van der Waals surface area contributed by atoms with Crippen LogP contribution in [0.15, 0.2) is 18.2 Å². The van der Waals surface area contributed by atoms with Crippen LogP contribution in [0.25, 0.3) is 0 Å². The van der Waals surface area contributed by atoms with Gasteiger partial charge in [-0.05, 0) is 17.7 Å². The highest BCUT2D eigenvalue weighted by Gasteiger charge is 2.05. The van der Waals surface area contributed by atoms with E-state index in [0.29, 0.717) is 18.7 Å². The van der Waals surface area contributed by atoms with E-state index in [1.807, 2.05) is 0 Å². The van der Waals surface area contributed by atoms with Gasteiger partial charge in [-0.3, -0.25) is 4.79 Å². The number of aliphatic hydroxyl groups excluding tert-OH is 1. The molecule has 1 amide bonds. The lowest BCUT2D eigenvalue weighted by Crippen LogP contribution is -2.28. The Bertz CT molecular complexity index is 396. The second kappa shape index (κ2) is 7.52. The minimum atomic E-state index is -0.160. The van der Waals surface area contributed by atoms with Gasteiger partial charge < -0.3 is 26.0 Å². The second-order valence-electron chi connectivity index (χ2n) is 3.76. The van der Waals surface area contributed by atoms with E-state index in [9.17, 15) is 9.90 Å². The topological polar surface area (TPSA) is 105 Å². The Morgan fingerprint density at radius 1 is 1.39 bits per heavy atom. The molecule has 0 saturated carbocycles. The molecule has 6 heteroatoms. The number of aliphatic hydroxyl groups is 1. The highest BCUT2D eigenvalue weighted by molar-refractivity contribution is 5.78. The molecule has 5 N–H and O–H groups in total. The van der Waals surface area contributed by atoms with Crippen molar-refractivity contribution in [3.05, 3.63) is 23.8 Å². The summed E-state index contributed by atoms with van der Waals surface area (Å²) in [6.45, 7) is 0.986. The Morgan fingerprint density at radius 3 is 2.83 bits per heavy atom. The first kappa shape index (κ1) is 14.3. The molecule has 0 unspecified atom stereocenters. The van der Waals surface area contributed by atoms with E-state index >= 15 is 0 Å². The Hall–Kier alpha value is -1.79. The van der Waals surface area contributed by atoms with Crippen molar-refractivity contribution in [2.24, 2.45) is 0 Å². The molecule has 0 aromatic heterocycles. The summed E-state index contributed by atoms with van der Waals surface area (Å²) in [4.78, 5) is 11.5. The van der Waals surface area contributed by atoms with Crippen LogP contribution >= 0.6 is 0 Å². The minimum Gasteiger partial charge on any atom is -0.506 e. The summed E-state index contributed by atoms with van der Waals surface area (Å²) < 4.78 is 5.00. The van der Waals surface area contributed by atoms with Crippen molar-refractivity contribution in [2.75, 3.05) is 32.1 Å². The fourth-order valence-corrected chi connectivity index (χ4v) is 1.38. The molecule has 0 saturated heterocycles. The van der Waals surface area contributed by atoms with Crippen LogP contribution in [0.4, 0.5) is 5.69 Å². The van der Waals surface area contributed by atoms with E-state index in [1.54, 1.807) is 12.1 Å². The molecule has 100 valence electrons. The highest BCUT2D eigenvalue weighted by atomic mass is 16.5. The van der Waals surface area contributed by atoms with Crippen LogP contribution in [0.5, 0.6) is 5.75 Å². The maximum atomic E-state index is 11.5. The molecular weight excluding hydrogens is 236 g/mol. The van der Waals surface area contributed by atoms with Crippen LogP contribution in [-0.4, -0.2) is 42.5 Å². The summed E-state index contributed by atoms with van der Waals surface area (Å²) in [6, 6.07) is 4.72. The summed E-state index contributed by atoms with van der Waals surface area (Å²) in [5.41, 5.74) is 6.44. The fraction of sp³-hybridized carbons (Fsp3) is 0.417. The monoisotopic (exact) mass is 254 g/mol.